The average molecular weight is 538 g/mol. The lowest BCUT2D eigenvalue weighted by Crippen LogP contribution is -2.40. The smallest absolute Gasteiger partial charge is 0.227 e. The van der Waals surface area contributed by atoms with Gasteiger partial charge in [0.1, 0.15) is 0 Å². The van der Waals surface area contributed by atoms with Crippen LogP contribution >= 0.6 is 37.2 Å². The SMILES string of the molecule is CCC(Nc1nc(NC2CCC(N)CC2)nc2c1ncn2C1CCCC1)N(CC)CC.Cl.Cl.Cl. The number of aromatic nitrogens is 4. The molecule has 2 heterocycles. The number of halogens is 3. The van der Waals surface area contributed by atoms with Crippen molar-refractivity contribution in [1.29, 1.82) is 0 Å². The van der Waals surface area contributed by atoms with Crippen molar-refractivity contribution in [3.05, 3.63) is 6.33 Å². The van der Waals surface area contributed by atoms with Crippen molar-refractivity contribution in [2.45, 2.75) is 103 Å². The second kappa shape index (κ2) is 14.5. The predicted molar refractivity (Wildman–Crippen MR) is 149 cm³/mol. The number of hydrogen-bond acceptors (Lipinski definition) is 7. The number of anilines is 2. The van der Waals surface area contributed by atoms with Crippen LogP contribution in [0.4, 0.5) is 11.8 Å². The van der Waals surface area contributed by atoms with Crippen LogP contribution in [0, 0.1) is 0 Å². The Morgan fingerprint density at radius 2 is 1.65 bits per heavy atom. The van der Waals surface area contributed by atoms with E-state index in [4.69, 9.17) is 20.7 Å². The van der Waals surface area contributed by atoms with Crippen molar-refractivity contribution in [3.8, 4) is 0 Å². The van der Waals surface area contributed by atoms with E-state index in [1.54, 1.807) is 0 Å². The van der Waals surface area contributed by atoms with Gasteiger partial charge in [-0.05, 0) is 58.0 Å². The summed E-state index contributed by atoms with van der Waals surface area (Å²) in [4.78, 5) is 17.1. The fourth-order valence-corrected chi connectivity index (χ4v) is 5.25. The number of nitrogens with one attached hydrogen (secondary N) is 2. The number of fused-ring (bicyclic) bond motifs is 1. The van der Waals surface area contributed by atoms with Crippen LogP contribution in [0.1, 0.15) is 84.6 Å². The van der Waals surface area contributed by atoms with E-state index in [2.05, 4.69) is 40.9 Å². The number of rotatable bonds is 9. The van der Waals surface area contributed by atoms with Gasteiger partial charge in [-0.1, -0.05) is 33.6 Å². The first-order valence-electron chi connectivity index (χ1n) is 12.4. The third-order valence-corrected chi connectivity index (χ3v) is 7.19. The van der Waals surface area contributed by atoms with E-state index in [0.717, 1.165) is 62.2 Å². The van der Waals surface area contributed by atoms with E-state index in [-0.39, 0.29) is 43.4 Å². The van der Waals surface area contributed by atoms with Gasteiger partial charge in [-0.15, -0.1) is 37.2 Å². The maximum atomic E-state index is 6.10. The lowest BCUT2D eigenvalue weighted by Gasteiger charge is -2.30. The van der Waals surface area contributed by atoms with Gasteiger partial charge in [0.25, 0.3) is 0 Å². The summed E-state index contributed by atoms with van der Waals surface area (Å²) in [6.45, 7) is 8.63. The van der Waals surface area contributed by atoms with Crippen LogP contribution in [-0.2, 0) is 0 Å². The fraction of sp³-hybridized carbons (Fsp3) is 0.783. The van der Waals surface area contributed by atoms with Crippen LogP contribution < -0.4 is 16.4 Å². The maximum Gasteiger partial charge on any atom is 0.227 e. The second-order valence-electron chi connectivity index (χ2n) is 9.20. The molecule has 0 spiro atoms. The Morgan fingerprint density at radius 3 is 2.24 bits per heavy atom. The van der Waals surface area contributed by atoms with E-state index in [0.29, 0.717) is 24.1 Å². The molecule has 1 atom stereocenters. The Morgan fingerprint density at radius 1 is 1.00 bits per heavy atom. The van der Waals surface area contributed by atoms with Crippen LogP contribution in [0.25, 0.3) is 11.2 Å². The quantitative estimate of drug-likeness (QED) is 0.370. The molecular weight excluding hydrogens is 495 g/mol. The highest BCUT2D eigenvalue weighted by Crippen LogP contribution is 2.33. The van der Waals surface area contributed by atoms with Gasteiger partial charge < -0.3 is 20.9 Å². The van der Waals surface area contributed by atoms with Gasteiger partial charge in [0.2, 0.25) is 5.95 Å². The molecule has 2 aromatic heterocycles. The Hall–Kier alpha value is -1.06. The molecule has 2 aliphatic carbocycles. The Balaban J connectivity index is 0.00000193. The van der Waals surface area contributed by atoms with Crippen LogP contribution in [-0.4, -0.2) is 55.8 Å². The molecule has 0 aliphatic heterocycles. The molecule has 2 aromatic rings. The van der Waals surface area contributed by atoms with Gasteiger partial charge in [0, 0.05) is 18.1 Å². The van der Waals surface area contributed by atoms with Gasteiger partial charge in [0.05, 0.1) is 12.5 Å². The monoisotopic (exact) mass is 536 g/mol. The van der Waals surface area contributed by atoms with E-state index < -0.39 is 0 Å². The highest BCUT2D eigenvalue weighted by atomic mass is 35.5. The summed E-state index contributed by atoms with van der Waals surface area (Å²) in [7, 11) is 0. The summed E-state index contributed by atoms with van der Waals surface area (Å²) >= 11 is 0. The highest BCUT2D eigenvalue weighted by molar-refractivity contribution is 5.86. The summed E-state index contributed by atoms with van der Waals surface area (Å²) in [5.74, 6) is 1.56. The first-order chi connectivity index (χ1) is 15.1. The minimum Gasteiger partial charge on any atom is -0.353 e. The van der Waals surface area contributed by atoms with Gasteiger partial charge in [-0.3, -0.25) is 4.90 Å². The summed E-state index contributed by atoms with van der Waals surface area (Å²) in [5, 5.41) is 7.32. The molecule has 0 aromatic carbocycles. The van der Waals surface area contributed by atoms with E-state index in [1.165, 1.54) is 25.7 Å². The fourth-order valence-electron chi connectivity index (χ4n) is 5.25. The molecule has 2 fully saturated rings. The van der Waals surface area contributed by atoms with Gasteiger partial charge in [-0.25, -0.2) is 4.98 Å². The Bertz CT molecular complexity index is 846. The molecule has 2 saturated carbocycles. The van der Waals surface area contributed by atoms with Crippen molar-refractivity contribution in [2.24, 2.45) is 5.73 Å². The molecule has 1 unspecified atom stereocenters. The van der Waals surface area contributed by atoms with Crippen molar-refractivity contribution in [1.82, 2.24) is 24.4 Å². The third-order valence-electron chi connectivity index (χ3n) is 7.19. The first kappa shape index (κ1) is 31.0. The normalized spacial score (nSPS) is 21.4. The van der Waals surface area contributed by atoms with Crippen molar-refractivity contribution < 1.29 is 0 Å². The average Bonchev–Trinajstić information content (AvgIpc) is 3.45. The predicted octanol–water partition coefficient (Wildman–Crippen LogP) is 5.38. The Kier molecular flexibility index (Phi) is 13.2. The zero-order valence-corrected chi connectivity index (χ0v) is 23.2. The van der Waals surface area contributed by atoms with Gasteiger partial charge in [0.15, 0.2) is 17.0 Å². The molecular formula is C23H43Cl3N8. The number of imidazole rings is 1. The van der Waals surface area contributed by atoms with Gasteiger partial charge >= 0.3 is 0 Å². The molecule has 11 heteroatoms. The molecule has 4 rings (SSSR count). The number of nitrogens with two attached hydrogens (primary N) is 1. The molecule has 4 N–H and O–H groups in total. The molecule has 2 aliphatic rings. The van der Waals surface area contributed by atoms with E-state index >= 15 is 0 Å². The summed E-state index contributed by atoms with van der Waals surface area (Å²) < 4.78 is 2.29. The molecule has 8 nitrogen and oxygen atoms in total. The van der Waals surface area contributed by atoms with Crippen LogP contribution in [0.15, 0.2) is 6.33 Å². The number of nitrogens with zero attached hydrogens (tertiary/aromatic N) is 5. The Labute approximate surface area is 222 Å². The molecule has 0 amide bonds. The third kappa shape index (κ3) is 7.00. The van der Waals surface area contributed by atoms with Crippen LogP contribution in [0.5, 0.6) is 0 Å². The lowest BCUT2D eigenvalue weighted by atomic mass is 9.92. The zero-order valence-electron chi connectivity index (χ0n) is 20.7. The summed E-state index contributed by atoms with van der Waals surface area (Å²) in [6, 6.07) is 1.22. The largest absolute Gasteiger partial charge is 0.353 e. The van der Waals surface area contributed by atoms with E-state index in [9.17, 15) is 0 Å². The molecule has 34 heavy (non-hydrogen) atoms. The molecule has 196 valence electrons. The standard InChI is InChI=1S/C23H40N8.3ClH/c1-4-19(30(5-2)6-3)27-21-20-22(31(15-25-20)18-9-7-8-10-18)29-23(28-21)26-17-13-11-16(24)12-14-17;;;/h15-19H,4-14,24H2,1-3H3,(H2,26,27,28,29);3*1H. The second-order valence-corrected chi connectivity index (χ2v) is 9.20. The van der Waals surface area contributed by atoms with Crippen molar-refractivity contribution in [2.75, 3.05) is 23.7 Å². The molecule has 0 saturated heterocycles. The van der Waals surface area contributed by atoms with E-state index in [1.807, 2.05) is 6.33 Å². The first-order valence-corrected chi connectivity index (χ1v) is 12.4. The van der Waals surface area contributed by atoms with Crippen LogP contribution in [0.2, 0.25) is 0 Å². The number of hydrogen-bond donors (Lipinski definition) is 3. The molecule has 0 radical (unpaired) electrons. The summed E-state index contributed by atoms with van der Waals surface area (Å²) in [5.41, 5.74) is 7.94. The minimum atomic E-state index is 0. The molecule has 0 bridgehead atoms. The summed E-state index contributed by atoms with van der Waals surface area (Å²) in [6.07, 6.45) is 12.5. The van der Waals surface area contributed by atoms with Gasteiger partial charge in [-0.2, -0.15) is 9.97 Å². The zero-order chi connectivity index (χ0) is 21.8. The highest BCUT2D eigenvalue weighted by Gasteiger charge is 2.25. The lowest BCUT2D eigenvalue weighted by molar-refractivity contribution is 0.233. The van der Waals surface area contributed by atoms with Crippen molar-refractivity contribution >= 4 is 60.2 Å². The van der Waals surface area contributed by atoms with Crippen LogP contribution in [0.3, 0.4) is 0 Å². The topological polar surface area (TPSA) is 96.9 Å². The van der Waals surface area contributed by atoms with Crippen molar-refractivity contribution in [3.63, 3.8) is 0 Å². The minimum absolute atomic E-state index is 0. The maximum absolute atomic E-state index is 6.10.